The number of nitrogens with zero attached hydrogens (tertiary/aromatic N) is 3. The van der Waals surface area contributed by atoms with Gasteiger partial charge in [0, 0.05) is 18.3 Å². The van der Waals surface area contributed by atoms with Gasteiger partial charge in [0.15, 0.2) is 0 Å². The van der Waals surface area contributed by atoms with Crippen LogP contribution in [-0.4, -0.2) is 33.3 Å². The number of aromatic nitrogens is 2. The molecular weight excluding hydrogens is 357 g/mol. The van der Waals surface area contributed by atoms with Crippen molar-refractivity contribution in [3.05, 3.63) is 40.9 Å². The number of carbonyl (C=O) groups excluding carboxylic acids is 1. The molecule has 1 aliphatic carbocycles. The van der Waals surface area contributed by atoms with E-state index in [0.717, 1.165) is 11.4 Å². The Morgan fingerprint density at radius 1 is 1.27 bits per heavy atom. The van der Waals surface area contributed by atoms with Crippen LogP contribution in [-0.2, 0) is 13.1 Å². The third-order valence-electron chi connectivity index (χ3n) is 5.04. The Bertz CT molecular complexity index is 818. The molecule has 0 bridgehead atoms. The van der Waals surface area contributed by atoms with Gasteiger partial charge in [0.1, 0.15) is 5.82 Å². The molecule has 8 heteroatoms. The molecule has 138 valence electrons. The van der Waals surface area contributed by atoms with Crippen molar-refractivity contribution < 1.29 is 9.18 Å². The first kappa shape index (κ1) is 17.1. The van der Waals surface area contributed by atoms with E-state index in [1.807, 2.05) is 10.9 Å². The predicted octanol–water partition coefficient (Wildman–Crippen LogP) is 4.08. The van der Waals surface area contributed by atoms with Gasteiger partial charge in [0.2, 0.25) is 0 Å². The molecule has 0 saturated heterocycles. The molecule has 1 fully saturated rings. The predicted molar refractivity (Wildman–Crippen MR) is 98.9 cm³/mol. The zero-order chi connectivity index (χ0) is 18.1. The lowest BCUT2D eigenvalue weighted by Gasteiger charge is -2.29. The van der Waals surface area contributed by atoms with Gasteiger partial charge in [0.05, 0.1) is 35.7 Å². The molecule has 1 aromatic heterocycles. The van der Waals surface area contributed by atoms with Gasteiger partial charge in [-0.3, -0.25) is 4.68 Å². The SMILES string of the molecule is O=C(Nc1ccc(F)c(Cl)c1)N1CCn2ncc(NC3CCCC3)c2C1. The maximum atomic E-state index is 13.3. The number of hydrogen-bond donors (Lipinski definition) is 2. The van der Waals surface area contributed by atoms with Gasteiger partial charge in [-0.25, -0.2) is 9.18 Å². The molecule has 6 nitrogen and oxygen atoms in total. The average Bonchev–Trinajstić information content (AvgIpc) is 3.28. The monoisotopic (exact) mass is 377 g/mol. The number of anilines is 2. The van der Waals surface area contributed by atoms with Crippen molar-refractivity contribution in [3.8, 4) is 0 Å². The maximum absolute atomic E-state index is 13.3. The first-order valence-electron chi connectivity index (χ1n) is 8.92. The van der Waals surface area contributed by atoms with E-state index in [1.165, 1.54) is 43.9 Å². The van der Waals surface area contributed by atoms with Gasteiger partial charge in [-0.2, -0.15) is 5.10 Å². The summed E-state index contributed by atoms with van der Waals surface area (Å²) in [4.78, 5) is 14.3. The summed E-state index contributed by atoms with van der Waals surface area (Å²) < 4.78 is 15.2. The molecule has 1 aliphatic heterocycles. The summed E-state index contributed by atoms with van der Waals surface area (Å²) in [5, 5.41) is 10.8. The summed E-state index contributed by atoms with van der Waals surface area (Å²) in [6.07, 6.45) is 6.74. The number of amides is 2. The van der Waals surface area contributed by atoms with Crippen LogP contribution in [0.2, 0.25) is 5.02 Å². The van der Waals surface area contributed by atoms with Crippen molar-refractivity contribution in [2.24, 2.45) is 0 Å². The molecular formula is C18H21ClFN5O. The van der Waals surface area contributed by atoms with Crippen molar-refractivity contribution >= 4 is 29.0 Å². The van der Waals surface area contributed by atoms with E-state index < -0.39 is 5.82 Å². The highest BCUT2D eigenvalue weighted by Gasteiger charge is 2.25. The number of nitrogens with one attached hydrogen (secondary N) is 2. The molecule has 0 unspecified atom stereocenters. The van der Waals surface area contributed by atoms with Crippen molar-refractivity contribution in [1.29, 1.82) is 0 Å². The molecule has 2 heterocycles. The largest absolute Gasteiger partial charge is 0.379 e. The highest BCUT2D eigenvalue weighted by molar-refractivity contribution is 6.31. The Morgan fingerprint density at radius 3 is 2.85 bits per heavy atom. The van der Waals surface area contributed by atoms with Crippen molar-refractivity contribution in [3.63, 3.8) is 0 Å². The number of rotatable bonds is 3. The fourth-order valence-corrected chi connectivity index (χ4v) is 3.79. The van der Waals surface area contributed by atoms with Crippen LogP contribution in [0.15, 0.2) is 24.4 Å². The Morgan fingerprint density at radius 2 is 2.08 bits per heavy atom. The summed E-state index contributed by atoms with van der Waals surface area (Å²) in [6.45, 7) is 1.70. The zero-order valence-corrected chi connectivity index (χ0v) is 15.1. The quantitative estimate of drug-likeness (QED) is 0.847. The van der Waals surface area contributed by atoms with Crippen LogP contribution in [0.4, 0.5) is 20.6 Å². The van der Waals surface area contributed by atoms with E-state index in [9.17, 15) is 9.18 Å². The molecule has 2 aromatic rings. The number of carbonyl (C=O) groups is 1. The summed E-state index contributed by atoms with van der Waals surface area (Å²) in [6, 6.07) is 4.42. The van der Waals surface area contributed by atoms with Crippen LogP contribution in [0.3, 0.4) is 0 Å². The summed E-state index contributed by atoms with van der Waals surface area (Å²) >= 11 is 5.78. The lowest BCUT2D eigenvalue weighted by Crippen LogP contribution is -2.41. The minimum Gasteiger partial charge on any atom is -0.379 e. The molecule has 2 amide bonds. The standard InChI is InChI=1S/C18H21ClFN5O/c19-14-9-13(5-6-15(14)20)23-18(26)24-7-8-25-17(11-24)16(10-21-25)22-12-3-1-2-4-12/h5-6,9-10,12,22H,1-4,7-8,11H2,(H,23,26). The molecule has 4 rings (SSSR count). The number of urea groups is 1. The van der Waals surface area contributed by atoms with E-state index in [-0.39, 0.29) is 11.1 Å². The lowest BCUT2D eigenvalue weighted by molar-refractivity contribution is 0.194. The van der Waals surface area contributed by atoms with E-state index in [2.05, 4.69) is 15.7 Å². The van der Waals surface area contributed by atoms with Crippen LogP contribution in [0.1, 0.15) is 31.4 Å². The third kappa shape index (κ3) is 3.49. The number of hydrogen-bond acceptors (Lipinski definition) is 3. The minimum atomic E-state index is -0.505. The van der Waals surface area contributed by atoms with Gasteiger partial charge >= 0.3 is 6.03 Å². The minimum absolute atomic E-state index is 0.0115. The second-order valence-corrected chi connectivity index (χ2v) is 7.24. The first-order chi connectivity index (χ1) is 12.6. The van der Waals surface area contributed by atoms with Crippen LogP contribution < -0.4 is 10.6 Å². The zero-order valence-electron chi connectivity index (χ0n) is 14.3. The Labute approximate surface area is 156 Å². The summed E-state index contributed by atoms with van der Waals surface area (Å²) in [5.74, 6) is -0.505. The Kier molecular flexibility index (Phi) is 4.72. The fraction of sp³-hybridized carbons (Fsp3) is 0.444. The van der Waals surface area contributed by atoms with Gasteiger partial charge in [-0.15, -0.1) is 0 Å². The van der Waals surface area contributed by atoms with E-state index in [0.29, 0.717) is 31.4 Å². The van der Waals surface area contributed by atoms with E-state index in [4.69, 9.17) is 11.6 Å². The van der Waals surface area contributed by atoms with Gasteiger partial charge in [0.25, 0.3) is 0 Å². The number of benzene rings is 1. The molecule has 0 radical (unpaired) electrons. The molecule has 0 spiro atoms. The Balaban J connectivity index is 1.44. The van der Waals surface area contributed by atoms with E-state index >= 15 is 0 Å². The normalized spacial score (nSPS) is 17.2. The molecule has 1 aromatic carbocycles. The summed E-state index contributed by atoms with van der Waals surface area (Å²) in [7, 11) is 0. The topological polar surface area (TPSA) is 62.2 Å². The average molecular weight is 378 g/mol. The van der Waals surface area contributed by atoms with E-state index in [1.54, 1.807) is 4.90 Å². The van der Waals surface area contributed by atoms with Gasteiger partial charge in [-0.1, -0.05) is 24.4 Å². The molecule has 2 aliphatic rings. The smallest absolute Gasteiger partial charge is 0.322 e. The van der Waals surface area contributed by atoms with Crippen LogP contribution in [0.5, 0.6) is 0 Å². The van der Waals surface area contributed by atoms with Crippen molar-refractivity contribution in [2.45, 2.75) is 44.8 Å². The molecule has 0 atom stereocenters. The second kappa shape index (κ2) is 7.15. The van der Waals surface area contributed by atoms with Crippen LogP contribution >= 0.6 is 11.6 Å². The second-order valence-electron chi connectivity index (χ2n) is 6.83. The first-order valence-corrected chi connectivity index (χ1v) is 9.30. The summed E-state index contributed by atoms with van der Waals surface area (Å²) in [5.41, 5.74) is 2.51. The van der Waals surface area contributed by atoms with Gasteiger partial charge in [-0.05, 0) is 31.0 Å². The molecule has 26 heavy (non-hydrogen) atoms. The van der Waals surface area contributed by atoms with Crippen molar-refractivity contribution in [1.82, 2.24) is 14.7 Å². The highest BCUT2D eigenvalue weighted by Crippen LogP contribution is 2.27. The van der Waals surface area contributed by atoms with Crippen LogP contribution in [0, 0.1) is 5.82 Å². The molecule has 1 saturated carbocycles. The maximum Gasteiger partial charge on any atom is 0.322 e. The van der Waals surface area contributed by atoms with Crippen molar-refractivity contribution in [2.75, 3.05) is 17.2 Å². The fourth-order valence-electron chi connectivity index (χ4n) is 3.61. The Hall–Kier alpha value is -2.28. The highest BCUT2D eigenvalue weighted by atomic mass is 35.5. The number of halogens is 2. The molecule has 2 N–H and O–H groups in total. The number of fused-ring (bicyclic) bond motifs is 1. The van der Waals surface area contributed by atoms with Gasteiger partial charge < -0.3 is 15.5 Å². The third-order valence-corrected chi connectivity index (χ3v) is 5.33. The van der Waals surface area contributed by atoms with Crippen LogP contribution in [0.25, 0.3) is 0 Å². The lowest BCUT2D eigenvalue weighted by atomic mass is 10.2.